The van der Waals surface area contributed by atoms with E-state index in [1.165, 1.54) is 33.4 Å². The van der Waals surface area contributed by atoms with Crippen molar-refractivity contribution in [3.8, 4) is 0 Å². The standard InChI is InChI=1S/C28H23Br/c1-27(2)23-12-6-8-14-25(23)28(20-10-4-3-5-11-20,21-16-18-22(29)19-17-21)26-15-9-7-13-24(26)27/h3-19H,1-2H3. The Morgan fingerprint density at radius 1 is 0.483 bits per heavy atom. The van der Waals surface area contributed by atoms with Gasteiger partial charge in [-0.25, -0.2) is 0 Å². The molecular weight excluding hydrogens is 416 g/mol. The van der Waals surface area contributed by atoms with E-state index < -0.39 is 0 Å². The zero-order chi connectivity index (χ0) is 20.1. The minimum absolute atomic E-state index is 0.0547. The largest absolute Gasteiger partial charge is 0.0707 e. The molecule has 0 heterocycles. The lowest BCUT2D eigenvalue weighted by atomic mass is 9.54. The van der Waals surface area contributed by atoms with Crippen LogP contribution in [-0.4, -0.2) is 0 Å². The van der Waals surface area contributed by atoms with Crippen molar-refractivity contribution in [2.75, 3.05) is 0 Å². The van der Waals surface area contributed by atoms with Crippen molar-refractivity contribution >= 4 is 15.9 Å². The number of halogens is 1. The van der Waals surface area contributed by atoms with Crippen LogP contribution in [-0.2, 0) is 10.8 Å². The molecule has 1 aliphatic carbocycles. The molecule has 0 aliphatic heterocycles. The molecule has 0 fully saturated rings. The van der Waals surface area contributed by atoms with Crippen LogP contribution >= 0.6 is 15.9 Å². The SMILES string of the molecule is CC1(C)c2ccccc2C(c2ccccc2)(c2ccc(Br)cc2)c2ccccc21. The summed E-state index contributed by atoms with van der Waals surface area (Å²) in [6, 6.07) is 37.8. The molecule has 0 radical (unpaired) electrons. The summed E-state index contributed by atoms with van der Waals surface area (Å²) in [5, 5.41) is 0. The topological polar surface area (TPSA) is 0 Å². The summed E-state index contributed by atoms with van der Waals surface area (Å²) in [6.45, 7) is 4.70. The molecule has 0 nitrogen and oxygen atoms in total. The molecule has 1 heteroatoms. The molecule has 0 aromatic heterocycles. The molecule has 0 saturated carbocycles. The highest BCUT2D eigenvalue weighted by atomic mass is 79.9. The lowest BCUT2D eigenvalue weighted by molar-refractivity contribution is 0.558. The van der Waals surface area contributed by atoms with Crippen molar-refractivity contribution in [2.45, 2.75) is 24.7 Å². The Morgan fingerprint density at radius 3 is 1.41 bits per heavy atom. The first kappa shape index (κ1) is 18.4. The van der Waals surface area contributed by atoms with Crippen LogP contribution < -0.4 is 0 Å². The average Bonchev–Trinajstić information content (AvgIpc) is 2.76. The summed E-state index contributed by atoms with van der Waals surface area (Å²) < 4.78 is 1.10. The summed E-state index contributed by atoms with van der Waals surface area (Å²) in [4.78, 5) is 0. The molecule has 0 saturated heterocycles. The molecule has 0 N–H and O–H groups in total. The van der Waals surface area contributed by atoms with E-state index in [0.29, 0.717) is 0 Å². The van der Waals surface area contributed by atoms with Crippen LogP contribution in [0, 0.1) is 0 Å². The monoisotopic (exact) mass is 438 g/mol. The number of rotatable bonds is 2. The molecular formula is C28H23Br. The predicted molar refractivity (Wildman–Crippen MR) is 125 cm³/mol. The Balaban J connectivity index is 2.00. The van der Waals surface area contributed by atoms with Crippen molar-refractivity contribution in [3.05, 3.63) is 141 Å². The fourth-order valence-electron chi connectivity index (χ4n) is 5.18. The summed E-state index contributed by atoms with van der Waals surface area (Å²) in [7, 11) is 0. The number of fused-ring (bicyclic) bond motifs is 2. The van der Waals surface area contributed by atoms with Gasteiger partial charge in [0.1, 0.15) is 0 Å². The fraction of sp³-hybridized carbons (Fsp3) is 0.143. The number of hydrogen-bond acceptors (Lipinski definition) is 0. The van der Waals surface area contributed by atoms with Gasteiger partial charge in [0.2, 0.25) is 0 Å². The second kappa shape index (κ2) is 6.71. The van der Waals surface area contributed by atoms with E-state index in [1.807, 2.05) is 0 Å². The van der Waals surface area contributed by atoms with E-state index in [-0.39, 0.29) is 10.8 Å². The third-order valence-electron chi connectivity index (χ3n) is 6.49. The van der Waals surface area contributed by atoms with E-state index in [1.54, 1.807) is 0 Å². The molecule has 0 bridgehead atoms. The number of benzene rings is 4. The van der Waals surface area contributed by atoms with Gasteiger partial charge in [0.05, 0.1) is 5.41 Å². The molecule has 0 spiro atoms. The maximum Gasteiger partial charge on any atom is 0.0707 e. The van der Waals surface area contributed by atoms with Gasteiger partial charge in [-0.1, -0.05) is 121 Å². The third-order valence-corrected chi connectivity index (χ3v) is 7.02. The molecule has 0 unspecified atom stereocenters. The van der Waals surface area contributed by atoms with Crippen LogP contribution in [0.1, 0.15) is 47.2 Å². The third kappa shape index (κ3) is 2.57. The molecule has 0 atom stereocenters. The van der Waals surface area contributed by atoms with Gasteiger partial charge < -0.3 is 0 Å². The van der Waals surface area contributed by atoms with Gasteiger partial charge in [0.25, 0.3) is 0 Å². The zero-order valence-corrected chi connectivity index (χ0v) is 18.3. The molecule has 5 rings (SSSR count). The van der Waals surface area contributed by atoms with Crippen molar-refractivity contribution in [1.29, 1.82) is 0 Å². The lowest BCUT2D eigenvalue weighted by Gasteiger charge is -2.48. The molecule has 4 aromatic rings. The van der Waals surface area contributed by atoms with Crippen LogP contribution in [0.3, 0.4) is 0 Å². The minimum Gasteiger partial charge on any atom is -0.0622 e. The highest BCUT2D eigenvalue weighted by Gasteiger charge is 2.48. The first-order valence-corrected chi connectivity index (χ1v) is 10.9. The van der Waals surface area contributed by atoms with Crippen molar-refractivity contribution in [3.63, 3.8) is 0 Å². The van der Waals surface area contributed by atoms with Crippen molar-refractivity contribution in [2.24, 2.45) is 0 Å². The van der Waals surface area contributed by atoms with E-state index in [4.69, 9.17) is 0 Å². The molecule has 4 aromatic carbocycles. The first-order chi connectivity index (χ1) is 14.1. The first-order valence-electron chi connectivity index (χ1n) is 10.1. The van der Waals surface area contributed by atoms with E-state index >= 15 is 0 Å². The van der Waals surface area contributed by atoms with Gasteiger partial charge in [-0.2, -0.15) is 0 Å². The highest BCUT2D eigenvalue weighted by Crippen LogP contribution is 2.55. The second-order valence-corrected chi connectivity index (χ2v) is 9.25. The Labute approximate surface area is 181 Å². The zero-order valence-electron chi connectivity index (χ0n) is 16.7. The normalized spacial score (nSPS) is 16.0. The Morgan fingerprint density at radius 2 is 0.897 bits per heavy atom. The van der Waals surface area contributed by atoms with Crippen molar-refractivity contribution < 1.29 is 0 Å². The summed E-state index contributed by atoms with van der Waals surface area (Å²) in [6.07, 6.45) is 0. The van der Waals surface area contributed by atoms with Crippen LogP contribution in [0.4, 0.5) is 0 Å². The van der Waals surface area contributed by atoms with Crippen LogP contribution in [0.5, 0.6) is 0 Å². The quantitative estimate of drug-likeness (QED) is 0.304. The molecule has 142 valence electrons. The second-order valence-electron chi connectivity index (χ2n) is 8.34. The lowest BCUT2D eigenvalue weighted by Crippen LogP contribution is -2.41. The predicted octanol–water partition coefficient (Wildman–Crippen LogP) is 7.47. The summed E-state index contributed by atoms with van der Waals surface area (Å²) in [5.41, 5.74) is 7.73. The summed E-state index contributed by atoms with van der Waals surface area (Å²) in [5.74, 6) is 0. The van der Waals surface area contributed by atoms with E-state index in [2.05, 4.69) is 133 Å². The van der Waals surface area contributed by atoms with Crippen molar-refractivity contribution in [1.82, 2.24) is 0 Å². The fourth-order valence-corrected chi connectivity index (χ4v) is 5.44. The Bertz CT molecular complexity index is 1120. The molecule has 1 aliphatic rings. The van der Waals surface area contributed by atoms with Gasteiger partial charge in [-0.3, -0.25) is 0 Å². The van der Waals surface area contributed by atoms with E-state index in [9.17, 15) is 0 Å². The minimum atomic E-state index is -0.343. The van der Waals surface area contributed by atoms with E-state index in [0.717, 1.165) is 4.47 Å². The Hall–Kier alpha value is -2.64. The number of hydrogen-bond donors (Lipinski definition) is 0. The van der Waals surface area contributed by atoms with Gasteiger partial charge in [0, 0.05) is 9.89 Å². The van der Waals surface area contributed by atoms with Gasteiger partial charge in [-0.05, 0) is 45.5 Å². The maximum absolute atomic E-state index is 3.62. The Kier molecular flexibility index (Phi) is 4.26. The summed E-state index contributed by atoms with van der Waals surface area (Å²) >= 11 is 3.62. The smallest absolute Gasteiger partial charge is 0.0622 e. The van der Waals surface area contributed by atoms with Gasteiger partial charge >= 0.3 is 0 Å². The maximum atomic E-state index is 3.62. The van der Waals surface area contributed by atoms with Crippen LogP contribution in [0.25, 0.3) is 0 Å². The molecule has 29 heavy (non-hydrogen) atoms. The highest BCUT2D eigenvalue weighted by molar-refractivity contribution is 9.10. The van der Waals surface area contributed by atoms with Gasteiger partial charge in [-0.15, -0.1) is 0 Å². The van der Waals surface area contributed by atoms with Crippen LogP contribution in [0.15, 0.2) is 108 Å². The molecule has 0 amide bonds. The van der Waals surface area contributed by atoms with Crippen LogP contribution in [0.2, 0.25) is 0 Å². The average molecular weight is 439 g/mol. The van der Waals surface area contributed by atoms with Gasteiger partial charge in [0.15, 0.2) is 0 Å².